The van der Waals surface area contributed by atoms with E-state index in [2.05, 4.69) is 10.4 Å². The van der Waals surface area contributed by atoms with Gasteiger partial charge in [0.15, 0.2) is 5.82 Å². The molecule has 0 saturated heterocycles. The van der Waals surface area contributed by atoms with Gasteiger partial charge in [0.2, 0.25) is 5.91 Å². The van der Waals surface area contributed by atoms with Gasteiger partial charge in [0.25, 0.3) is 0 Å². The minimum absolute atomic E-state index is 0.152. The lowest BCUT2D eigenvalue weighted by molar-refractivity contribution is -0.122. The molecule has 0 radical (unpaired) electrons. The van der Waals surface area contributed by atoms with Gasteiger partial charge in [-0.05, 0) is 29.8 Å². The number of amides is 2. The zero-order valence-corrected chi connectivity index (χ0v) is 15.7. The number of nitrogens with zero attached hydrogens (tertiary/aromatic N) is 4. The molecule has 0 spiro atoms. The summed E-state index contributed by atoms with van der Waals surface area (Å²) in [4.78, 5) is 38.9. The van der Waals surface area contributed by atoms with Crippen LogP contribution in [0.3, 0.4) is 0 Å². The summed E-state index contributed by atoms with van der Waals surface area (Å²) in [6.45, 7) is 0.257. The lowest BCUT2D eigenvalue weighted by Gasteiger charge is -2.15. The molecule has 148 valence electrons. The Morgan fingerprint density at radius 2 is 1.83 bits per heavy atom. The summed E-state index contributed by atoms with van der Waals surface area (Å²) in [5, 5.41) is 6.91. The summed E-state index contributed by atoms with van der Waals surface area (Å²) in [7, 11) is 1.56. The van der Waals surface area contributed by atoms with E-state index in [-0.39, 0.29) is 19.0 Å². The van der Waals surface area contributed by atoms with E-state index < -0.39 is 11.7 Å². The normalized spacial score (nSPS) is 12.7. The minimum Gasteiger partial charge on any atom is -0.497 e. The standard InChI is InChI=1S/C20H19N5O4/c1-29-16-9-7-15(8-10-16)23-12-17-22-24(20(28)25(17)19(23)27)13-18(26)21-11-14-5-3-2-4-6-14/h2-10H,11-13H2,1H3,(H,21,26). The number of anilines is 1. The Labute approximate surface area is 166 Å². The van der Waals surface area contributed by atoms with Crippen molar-refractivity contribution in [3.05, 3.63) is 76.5 Å². The van der Waals surface area contributed by atoms with Crippen LogP contribution < -0.4 is 20.6 Å². The highest BCUT2D eigenvalue weighted by atomic mass is 16.5. The van der Waals surface area contributed by atoms with Crippen molar-refractivity contribution in [2.45, 2.75) is 19.6 Å². The van der Waals surface area contributed by atoms with Gasteiger partial charge in [0.1, 0.15) is 12.3 Å². The number of ether oxygens (including phenoxy) is 1. The van der Waals surface area contributed by atoms with Crippen LogP contribution in [0.5, 0.6) is 5.75 Å². The molecule has 2 amide bonds. The second kappa shape index (κ2) is 7.63. The quantitative estimate of drug-likeness (QED) is 0.682. The molecule has 9 nitrogen and oxygen atoms in total. The number of fused-ring (bicyclic) bond motifs is 1. The summed E-state index contributed by atoms with van der Waals surface area (Å²) in [6.07, 6.45) is 0. The van der Waals surface area contributed by atoms with Crippen LogP contribution in [-0.2, 0) is 24.4 Å². The summed E-state index contributed by atoms with van der Waals surface area (Å²) in [6, 6.07) is 15.9. The van der Waals surface area contributed by atoms with Gasteiger partial charge in [0.05, 0.1) is 13.7 Å². The van der Waals surface area contributed by atoms with Crippen molar-refractivity contribution in [2.24, 2.45) is 0 Å². The van der Waals surface area contributed by atoms with Crippen LogP contribution in [0.1, 0.15) is 11.4 Å². The van der Waals surface area contributed by atoms with Gasteiger partial charge in [0, 0.05) is 12.2 Å². The zero-order chi connectivity index (χ0) is 20.4. The van der Waals surface area contributed by atoms with Gasteiger partial charge in [-0.1, -0.05) is 30.3 Å². The molecule has 1 aliphatic rings. The summed E-state index contributed by atoms with van der Waals surface area (Å²) in [5.74, 6) is 0.612. The number of hydrogen-bond acceptors (Lipinski definition) is 5. The average molecular weight is 393 g/mol. The molecular formula is C20H19N5O4. The summed E-state index contributed by atoms with van der Waals surface area (Å²) < 4.78 is 7.12. The molecule has 3 aromatic rings. The number of hydrogen-bond donors (Lipinski definition) is 1. The molecule has 0 atom stereocenters. The Balaban J connectivity index is 1.44. The van der Waals surface area contributed by atoms with Crippen molar-refractivity contribution >= 4 is 17.6 Å². The number of carbonyl (C=O) groups excluding carboxylic acids is 2. The number of benzene rings is 2. The van der Waals surface area contributed by atoms with E-state index in [1.807, 2.05) is 30.3 Å². The maximum absolute atomic E-state index is 12.7. The molecule has 2 aromatic carbocycles. The van der Waals surface area contributed by atoms with Crippen molar-refractivity contribution in [3.8, 4) is 5.75 Å². The fourth-order valence-electron chi connectivity index (χ4n) is 3.13. The minimum atomic E-state index is -0.629. The van der Waals surface area contributed by atoms with Crippen molar-refractivity contribution in [2.75, 3.05) is 12.0 Å². The largest absolute Gasteiger partial charge is 0.497 e. The fourth-order valence-corrected chi connectivity index (χ4v) is 3.13. The van der Waals surface area contributed by atoms with Gasteiger partial charge < -0.3 is 10.1 Å². The Kier molecular flexibility index (Phi) is 4.86. The predicted octanol–water partition coefficient (Wildman–Crippen LogP) is 1.36. The van der Waals surface area contributed by atoms with Gasteiger partial charge in [-0.15, -0.1) is 0 Å². The Morgan fingerprint density at radius 3 is 2.48 bits per heavy atom. The SMILES string of the molecule is COc1ccc(N2Cc3nn(CC(=O)NCc4ccccc4)c(=O)n3C2=O)cc1. The first-order chi connectivity index (χ1) is 14.1. The molecule has 9 heteroatoms. The smallest absolute Gasteiger partial charge is 0.354 e. The van der Waals surface area contributed by atoms with E-state index in [4.69, 9.17) is 4.74 Å². The van der Waals surface area contributed by atoms with Gasteiger partial charge in [-0.3, -0.25) is 9.69 Å². The van der Waals surface area contributed by atoms with Crippen LogP contribution in [0, 0.1) is 0 Å². The molecule has 0 saturated carbocycles. The molecule has 2 heterocycles. The van der Waals surface area contributed by atoms with Crippen LogP contribution in [0.4, 0.5) is 10.5 Å². The predicted molar refractivity (Wildman–Crippen MR) is 105 cm³/mol. The van der Waals surface area contributed by atoms with Crippen molar-refractivity contribution in [3.63, 3.8) is 0 Å². The second-order valence-electron chi connectivity index (χ2n) is 6.52. The number of nitrogens with one attached hydrogen (secondary N) is 1. The lowest BCUT2D eigenvalue weighted by Crippen LogP contribution is -2.37. The van der Waals surface area contributed by atoms with Crippen LogP contribution in [0.15, 0.2) is 59.4 Å². The zero-order valence-electron chi connectivity index (χ0n) is 15.7. The van der Waals surface area contributed by atoms with Crippen molar-refractivity contribution in [1.82, 2.24) is 19.7 Å². The highest BCUT2D eigenvalue weighted by molar-refractivity contribution is 5.96. The number of methoxy groups -OCH3 is 1. The molecule has 29 heavy (non-hydrogen) atoms. The maximum Gasteiger partial charge on any atom is 0.354 e. The van der Waals surface area contributed by atoms with Crippen LogP contribution >= 0.6 is 0 Å². The third kappa shape index (κ3) is 3.62. The maximum atomic E-state index is 12.7. The molecule has 1 N–H and O–H groups in total. The highest BCUT2D eigenvalue weighted by Crippen LogP contribution is 2.24. The number of carbonyl (C=O) groups is 2. The van der Waals surface area contributed by atoms with E-state index in [0.717, 1.165) is 14.8 Å². The first kappa shape index (κ1) is 18.5. The van der Waals surface area contributed by atoms with Crippen LogP contribution in [0.2, 0.25) is 0 Å². The van der Waals surface area contributed by atoms with E-state index in [1.165, 1.54) is 4.90 Å². The van der Waals surface area contributed by atoms with E-state index in [9.17, 15) is 14.4 Å². The Bertz CT molecular complexity index is 1100. The molecule has 0 unspecified atom stereocenters. The van der Waals surface area contributed by atoms with E-state index in [1.54, 1.807) is 31.4 Å². The van der Waals surface area contributed by atoms with Crippen LogP contribution in [0.25, 0.3) is 0 Å². The lowest BCUT2D eigenvalue weighted by atomic mass is 10.2. The summed E-state index contributed by atoms with van der Waals surface area (Å²) >= 11 is 0. The summed E-state index contributed by atoms with van der Waals surface area (Å²) in [5.41, 5.74) is 0.953. The topological polar surface area (TPSA) is 98.5 Å². The third-order valence-electron chi connectivity index (χ3n) is 4.64. The van der Waals surface area contributed by atoms with Crippen LogP contribution in [-0.4, -0.2) is 33.4 Å². The number of aromatic nitrogens is 3. The van der Waals surface area contributed by atoms with E-state index in [0.29, 0.717) is 23.8 Å². The molecule has 0 fully saturated rings. The Hall–Kier alpha value is -3.88. The number of rotatable bonds is 6. The molecule has 1 aromatic heterocycles. The second-order valence-corrected chi connectivity index (χ2v) is 6.52. The highest BCUT2D eigenvalue weighted by Gasteiger charge is 2.33. The van der Waals surface area contributed by atoms with Gasteiger partial charge in [-0.25, -0.2) is 14.3 Å². The third-order valence-corrected chi connectivity index (χ3v) is 4.64. The molecule has 0 aliphatic carbocycles. The molecule has 4 rings (SSSR count). The monoisotopic (exact) mass is 393 g/mol. The molecule has 1 aliphatic heterocycles. The van der Waals surface area contributed by atoms with Crippen molar-refractivity contribution < 1.29 is 14.3 Å². The molecule has 0 bridgehead atoms. The first-order valence-electron chi connectivity index (χ1n) is 9.02. The first-order valence-corrected chi connectivity index (χ1v) is 9.02. The van der Waals surface area contributed by atoms with Gasteiger partial charge >= 0.3 is 11.7 Å². The molecular weight excluding hydrogens is 374 g/mol. The fraction of sp³-hybridized carbons (Fsp3) is 0.200. The van der Waals surface area contributed by atoms with E-state index >= 15 is 0 Å². The average Bonchev–Trinajstić information content (AvgIpc) is 3.23. The Morgan fingerprint density at radius 1 is 1.10 bits per heavy atom. The van der Waals surface area contributed by atoms with Crippen molar-refractivity contribution in [1.29, 1.82) is 0 Å². The van der Waals surface area contributed by atoms with Gasteiger partial charge in [-0.2, -0.15) is 9.67 Å².